The number of nitrogens with zero attached hydrogens (tertiary/aromatic N) is 3. The number of carbonyl (C=O) groups excluding carboxylic acids is 2. The van der Waals surface area contributed by atoms with Crippen LogP contribution in [0.25, 0.3) is 11.3 Å². The predicted molar refractivity (Wildman–Crippen MR) is 129 cm³/mol. The molecule has 0 unspecified atom stereocenters. The topological polar surface area (TPSA) is 129 Å². The highest BCUT2D eigenvalue weighted by molar-refractivity contribution is 7.15. The monoisotopic (exact) mass is 454 g/mol. The second-order valence-corrected chi connectivity index (χ2v) is 10.4. The lowest BCUT2D eigenvalue weighted by Crippen LogP contribution is -2.15. The first kappa shape index (κ1) is 23.5. The maximum absolute atomic E-state index is 12.5. The fourth-order valence-corrected chi connectivity index (χ4v) is 4.51. The van der Waals surface area contributed by atoms with Crippen LogP contribution in [0.1, 0.15) is 61.5 Å². The van der Waals surface area contributed by atoms with Gasteiger partial charge in [0.05, 0.1) is 6.42 Å². The number of nitrogens with two attached hydrogens (primary N) is 2. The van der Waals surface area contributed by atoms with Crippen molar-refractivity contribution in [3.8, 4) is 11.3 Å². The van der Waals surface area contributed by atoms with Crippen LogP contribution in [0.5, 0.6) is 0 Å². The molecule has 2 aromatic heterocycles. The number of carbonyl (C=O) groups is 2. The highest BCUT2D eigenvalue weighted by Crippen LogP contribution is 2.29. The quantitative estimate of drug-likeness (QED) is 0.496. The number of nitrogen functional groups attached to an aromatic ring is 1. The third kappa shape index (κ3) is 5.53. The molecule has 0 aliphatic heterocycles. The van der Waals surface area contributed by atoms with Crippen LogP contribution in [0.4, 0.5) is 10.9 Å². The van der Waals surface area contributed by atoms with Crippen LogP contribution in [0.2, 0.25) is 0 Å². The number of primary amides is 1. The molecule has 170 valence electrons. The number of aromatic nitrogens is 3. The van der Waals surface area contributed by atoms with Gasteiger partial charge in [-0.25, -0.2) is 9.67 Å². The summed E-state index contributed by atoms with van der Waals surface area (Å²) >= 11 is 1.50. The number of anilines is 2. The number of nitrogens with one attached hydrogen (secondary N) is 1. The second kappa shape index (κ2) is 9.12. The van der Waals surface area contributed by atoms with Crippen molar-refractivity contribution in [3.05, 3.63) is 46.5 Å². The minimum Gasteiger partial charge on any atom is -0.383 e. The number of rotatable bonds is 7. The fourth-order valence-electron chi connectivity index (χ4n) is 3.39. The summed E-state index contributed by atoms with van der Waals surface area (Å²) in [7, 11) is 0. The van der Waals surface area contributed by atoms with E-state index in [9.17, 15) is 9.59 Å². The van der Waals surface area contributed by atoms with Crippen molar-refractivity contribution in [2.24, 2.45) is 11.1 Å². The van der Waals surface area contributed by atoms with Crippen molar-refractivity contribution in [1.29, 1.82) is 0 Å². The Morgan fingerprint density at radius 1 is 1.19 bits per heavy atom. The maximum Gasteiger partial charge on any atom is 0.254 e. The molecule has 0 bridgehead atoms. The van der Waals surface area contributed by atoms with Crippen molar-refractivity contribution in [2.75, 3.05) is 11.1 Å². The summed E-state index contributed by atoms with van der Waals surface area (Å²) < 4.78 is 1.58. The van der Waals surface area contributed by atoms with E-state index in [1.165, 1.54) is 11.3 Å². The van der Waals surface area contributed by atoms with Gasteiger partial charge in [-0.2, -0.15) is 5.10 Å². The Bertz CT molecular complexity index is 1120. The van der Waals surface area contributed by atoms with Gasteiger partial charge >= 0.3 is 0 Å². The summed E-state index contributed by atoms with van der Waals surface area (Å²) in [5.74, 6) is -0.511. The summed E-state index contributed by atoms with van der Waals surface area (Å²) in [6.07, 6.45) is 2.94. The number of benzene rings is 1. The number of hydrogen-bond donors (Lipinski definition) is 3. The highest BCUT2D eigenvalue weighted by Gasteiger charge is 2.22. The van der Waals surface area contributed by atoms with Crippen LogP contribution in [-0.4, -0.2) is 26.6 Å². The molecule has 5 N–H and O–H groups in total. The Hall–Kier alpha value is -3.20. The van der Waals surface area contributed by atoms with Gasteiger partial charge in [0.25, 0.3) is 5.91 Å². The van der Waals surface area contributed by atoms with E-state index in [2.05, 4.69) is 36.2 Å². The molecule has 1 aromatic carbocycles. The molecule has 0 aliphatic rings. The van der Waals surface area contributed by atoms with E-state index >= 15 is 0 Å². The molecule has 0 fully saturated rings. The third-order valence-corrected chi connectivity index (χ3v) is 5.69. The number of thiazole rings is 1. The van der Waals surface area contributed by atoms with Crippen LogP contribution in [-0.2, 0) is 17.6 Å². The maximum atomic E-state index is 12.5. The molecule has 2 amide bonds. The van der Waals surface area contributed by atoms with Gasteiger partial charge < -0.3 is 16.8 Å². The average molecular weight is 455 g/mol. The van der Waals surface area contributed by atoms with E-state index in [0.717, 1.165) is 16.9 Å². The Balaban J connectivity index is 1.71. The Labute approximate surface area is 192 Å². The molecule has 9 heteroatoms. The molecule has 0 radical (unpaired) electrons. The second-order valence-electron chi connectivity index (χ2n) is 9.30. The van der Waals surface area contributed by atoms with Crippen LogP contribution in [0.3, 0.4) is 0 Å². The molecule has 32 heavy (non-hydrogen) atoms. The summed E-state index contributed by atoms with van der Waals surface area (Å²) in [6, 6.07) is 7.27. The molecule has 8 nitrogen and oxygen atoms in total. The molecule has 3 aromatic rings. The molecule has 0 saturated carbocycles. The van der Waals surface area contributed by atoms with Crippen molar-refractivity contribution in [1.82, 2.24) is 14.8 Å². The summed E-state index contributed by atoms with van der Waals surface area (Å²) in [5.41, 5.74) is 14.0. The Morgan fingerprint density at radius 2 is 1.84 bits per heavy atom. The first-order valence-corrected chi connectivity index (χ1v) is 11.3. The minimum atomic E-state index is -0.623. The summed E-state index contributed by atoms with van der Waals surface area (Å²) in [4.78, 5) is 29.9. The Kier molecular flexibility index (Phi) is 6.68. The van der Waals surface area contributed by atoms with Gasteiger partial charge in [0, 0.05) is 22.7 Å². The van der Waals surface area contributed by atoms with E-state index in [0.29, 0.717) is 16.4 Å². The van der Waals surface area contributed by atoms with Gasteiger partial charge in [0.15, 0.2) is 5.13 Å². The number of hydrogen-bond acceptors (Lipinski definition) is 6. The average Bonchev–Trinajstić information content (AvgIpc) is 3.24. The largest absolute Gasteiger partial charge is 0.383 e. The molecule has 2 heterocycles. The van der Waals surface area contributed by atoms with Crippen LogP contribution < -0.4 is 16.8 Å². The normalized spacial score (nSPS) is 11.7. The van der Waals surface area contributed by atoms with E-state index in [1.54, 1.807) is 4.68 Å². The molecule has 0 spiro atoms. The van der Waals surface area contributed by atoms with Gasteiger partial charge in [-0.05, 0) is 31.2 Å². The van der Waals surface area contributed by atoms with Gasteiger partial charge in [0.2, 0.25) is 5.91 Å². The van der Waals surface area contributed by atoms with E-state index in [4.69, 9.17) is 11.5 Å². The summed E-state index contributed by atoms with van der Waals surface area (Å²) in [5, 5.41) is 7.95. The minimum absolute atomic E-state index is 0.0143. The van der Waals surface area contributed by atoms with E-state index < -0.39 is 5.91 Å². The van der Waals surface area contributed by atoms with Crippen molar-refractivity contribution >= 4 is 34.1 Å². The Morgan fingerprint density at radius 3 is 2.41 bits per heavy atom. The standard InChI is InChI=1S/C23H30N6O2S/c1-13(2)29-20(24)18(21(25)31)19(28-29)15-8-6-14(7-9-15)10-17(30)27-22-26-12-16(32-22)11-23(3,4)5/h6-9,12-13H,10-11,24H2,1-5H3,(H2,25,31)(H,26,27,30). The predicted octanol–water partition coefficient (Wildman–Crippen LogP) is 4.04. The summed E-state index contributed by atoms with van der Waals surface area (Å²) in [6.45, 7) is 10.4. The molecule has 0 aliphatic carbocycles. The lowest BCUT2D eigenvalue weighted by Gasteiger charge is -2.15. The molecule has 3 rings (SSSR count). The van der Waals surface area contributed by atoms with Gasteiger partial charge in [-0.3, -0.25) is 9.59 Å². The smallest absolute Gasteiger partial charge is 0.254 e. The zero-order valence-electron chi connectivity index (χ0n) is 19.1. The van der Waals surface area contributed by atoms with Crippen molar-refractivity contribution in [3.63, 3.8) is 0 Å². The van der Waals surface area contributed by atoms with Gasteiger partial charge in [-0.15, -0.1) is 11.3 Å². The zero-order valence-corrected chi connectivity index (χ0v) is 19.9. The van der Waals surface area contributed by atoms with Crippen LogP contribution in [0.15, 0.2) is 30.5 Å². The zero-order chi connectivity index (χ0) is 23.6. The van der Waals surface area contributed by atoms with Crippen molar-refractivity contribution in [2.45, 2.75) is 53.5 Å². The highest BCUT2D eigenvalue weighted by atomic mass is 32.1. The van der Waals surface area contributed by atoms with Crippen LogP contribution in [0, 0.1) is 5.41 Å². The first-order chi connectivity index (χ1) is 14.9. The SMILES string of the molecule is CC(C)n1nc(-c2ccc(CC(=O)Nc3ncc(CC(C)(C)C)s3)cc2)c(C(N)=O)c1N. The number of amides is 2. The fraction of sp³-hybridized carbons (Fsp3) is 0.391. The third-order valence-electron chi connectivity index (χ3n) is 4.78. The lowest BCUT2D eigenvalue weighted by atomic mass is 9.92. The molecular weight excluding hydrogens is 424 g/mol. The van der Waals surface area contributed by atoms with Crippen LogP contribution >= 0.6 is 11.3 Å². The molecular formula is C23H30N6O2S. The van der Waals surface area contributed by atoms with Crippen molar-refractivity contribution < 1.29 is 9.59 Å². The van der Waals surface area contributed by atoms with Gasteiger partial charge in [-0.1, -0.05) is 45.0 Å². The molecule has 0 atom stereocenters. The lowest BCUT2D eigenvalue weighted by molar-refractivity contribution is -0.115. The first-order valence-electron chi connectivity index (χ1n) is 10.5. The molecule has 0 saturated heterocycles. The van der Waals surface area contributed by atoms with E-state index in [-0.39, 0.29) is 35.2 Å². The van der Waals surface area contributed by atoms with Gasteiger partial charge in [0.1, 0.15) is 17.1 Å². The van der Waals surface area contributed by atoms with E-state index in [1.807, 2.05) is 44.3 Å².